The Kier molecular flexibility index (Phi) is 33.2. The van der Waals surface area contributed by atoms with Crippen LogP contribution in [-0.4, -0.2) is 88.7 Å². The number of rotatable bonds is 20. The van der Waals surface area contributed by atoms with E-state index in [9.17, 15) is 29.4 Å². The molecular weight excluding hydrogens is 990 g/mol. The molecule has 0 spiro atoms. The Bertz CT molecular complexity index is 1740. The molecule has 0 atom stereocenters. The number of benzene rings is 4. The molecule has 0 aliphatic rings. The SMILES string of the molecule is CCC[CH2][Sn+2][CH2]CCC.CCC[CH2][Sn+2][CH2]CCC.O=C(O)c1ccc(/C=N/NC(=O)c2ccccc2[O-])cc1.O=C(O)c1ccc(/C=N/NC(=O)c2ccccc2[O-])cc1.[O-2]. The first-order valence-electron chi connectivity index (χ1n) is 20.3. The van der Waals surface area contributed by atoms with E-state index < -0.39 is 23.8 Å². The van der Waals surface area contributed by atoms with E-state index >= 15 is 0 Å². The predicted octanol–water partition coefficient (Wildman–Crippen LogP) is 8.58. The van der Waals surface area contributed by atoms with E-state index in [1.807, 2.05) is 0 Å². The normalized spacial score (nSPS) is 9.90. The average molecular weight is 1050 g/mol. The molecule has 61 heavy (non-hydrogen) atoms. The van der Waals surface area contributed by atoms with Crippen LogP contribution in [0.15, 0.2) is 107 Å². The third-order valence-electron chi connectivity index (χ3n) is 8.17. The largest absolute Gasteiger partial charge is 2.00 e. The molecule has 0 heterocycles. The Morgan fingerprint density at radius 1 is 0.525 bits per heavy atom. The summed E-state index contributed by atoms with van der Waals surface area (Å²) >= 11 is 0.299. The Balaban J connectivity index is 0.000000845. The van der Waals surface area contributed by atoms with Crippen LogP contribution < -0.4 is 21.1 Å². The molecule has 0 fully saturated rings. The molecule has 0 saturated carbocycles. The van der Waals surface area contributed by atoms with Gasteiger partial charge < -0.3 is 25.9 Å². The molecule has 0 aromatic heterocycles. The van der Waals surface area contributed by atoms with Crippen molar-refractivity contribution in [1.29, 1.82) is 0 Å². The van der Waals surface area contributed by atoms with Crippen molar-refractivity contribution >= 4 is 78.5 Å². The van der Waals surface area contributed by atoms with E-state index in [2.05, 4.69) is 48.7 Å². The van der Waals surface area contributed by atoms with Crippen LogP contribution in [0.25, 0.3) is 0 Å². The summed E-state index contributed by atoms with van der Waals surface area (Å²) in [5.41, 5.74) is 6.07. The van der Waals surface area contributed by atoms with Gasteiger partial charge in [-0.25, -0.2) is 20.4 Å². The molecule has 15 heteroatoms. The van der Waals surface area contributed by atoms with Gasteiger partial charge in [-0.05, 0) is 35.4 Å². The third-order valence-corrected chi connectivity index (χ3v) is 16.2. The van der Waals surface area contributed by atoms with E-state index in [0.29, 0.717) is 11.1 Å². The second-order valence-electron chi connectivity index (χ2n) is 13.2. The molecule has 2 amide bonds. The molecule has 0 aliphatic carbocycles. The fraction of sp³-hybridized carbons (Fsp3) is 0.348. The van der Waals surface area contributed by atoms with Gasteiger partial charge in [0.1, 0.15) is 0 Å². The number of carbonyl (C=O) groups is 4. The van der Waals surface area contributed by atoms with Crippen LogP contribution in [0.5, 0.6) is 11.5 Å². The van der Waals surface area contributed by atoms with Crippen LogP contribution in [0.1, 0.15) is 132 Å². The van der Waals surface area contributed by atoms with Crippen LogP contribution in [-0.2, 0) is 5.48 Å². The van der Waals surface area contributed by atoms with Gasteiger partial charge in [0, 0.05) is 11.1 Å². The number of hydrogen-bond acceptors (Lipinski definition) is 8. The zero-order valence-corrected chi connectivity index (χ0v) is 41.2. The van der Waals surface area contributed by atoms with Gasteiger partial charge in [-0.2, -0.15) is 10.2 Å². The second-order valence-corrected chi connectivity index (χ2v) is 21.7. The Morgan fingerprint density at radius 2 is 0.820 bits per heavy atom. The van der Waals surface area contributed by atoms with E-state index in [4.69, 9.17) is 10.2 Å². The maximum atomic E-state index is 11.7. The average Bonchev–Trinajstić information content (AvgIpc) is 3.25. The van der Waals surface area contributed by atoms with Gasteiger partial charge in [0.25, 0.3) is 11.8 Å². The summed E-state index contributed by atoms with van der Waals surface area (Å²) in [6.07, 6.45) is 14.4. The van der Waals surface area contributed by atoms with E-state index in [1.54, 1.807) is 66.3 Å². The zero-order chi connectivity index (χ0) is 44.4. The molecular formula is C46H58N4O9Sn2. The molecule has 0 unspecified atom stereocenters. The minimum atomic E-state index is -1.01. The van der Waals surface area contributed by atoms with Crippen LogP contribution in [0.3, 0.4) is 0 Å². The molecule has 0 saturated heterocycles. The number of aromatic carboxylic acids is 2. The minimum Gasteiger partial charge on any atom is -2.00 e. The quantitative estimate of drug-likeness (QED) is 0.0289. The third kappa shape index (κ3) is 26.3. The first-order valence-corrected chi connectivity index (χ1v) is 28.3. The standard InChI is InChI=1S/2C15H12N2O4.4C4H9.O.2Sn/c2*18-13-4-2-1-3-12(13)14(19)17-16-9-10-5-7-11(8-6-10)15(20)21;4*1-3-4-2;;;/h2*1-9,18H,(H,17,19)(H,20,21);4*1,3-4H2,2H3;;;/q;;;;;;-2;2*+2/p-2/b2*16-9+;;;;;;;. The zero-order valence-electron chi connectivity index (χ0n) is 35.5. The molecule has 0 aliphatic heterocycles. The fourth-order valence-corrected chi connectivity index (χ4v) is 13.0. The number of hydrogen-bond donors (Lipinski definition) is 4. The summed E-state index contributed by atoms with van der Waals surface area (Å²) < 4.78 is 6.50. The van der Waals surface area contributed by atoms with Crippen molar-refractivity contribution in [2.24, 2.45) is 10.2 Å². The molecule has 4 rings (SSSR count). The van der Waals surface area contributed by atoms with Crippen molar-refractivity contribution in [3.05, 3.63) is 130 Å². The summed E-state index contributed by atoms with van der Waals surface area (Å²) in [4.78, 5) is 44.8. The smallest absolute Gasteiger partial charge is 0.335 e. The topological polar surface area (TPSA) is 232 Å². The minimum absolute atomic E-state index is 0. The van der Waals surface area contributed by atoms with Gasteiger partial charge in [0.05, 0.1) is 23.6 Å². The number of nitrogens with zero attached hydrogens (tertiary/aromatic N) is 2. The first-order chi connectivity index (χ1) is 29.0. The number of para-hydroxylation sites is 2. The number of nitrogens with one attached hydrogen (secondary N) is 2. The van der Waals surface area contributed by atoms with Crippen molar-refractivity contribution in [1.82, 2.24) is 10.9 Å². The van der Waals surface area contributed by atoms with Crippen molar-refractivity contribution in [2.75, 3.05) is 0 Å². The van der Waals surface area contributed by atoms with Gasteiger partial charge in [-0.1, -0.05) is 84.3 Å². The molecule has 0 bridgehead atoms. The van der Waals surface area contributed by atoms with Crippen LogP contribution in [0.2, 0.25) is 17.7 Å². The number of unbranched alkanes of at least 4 members (excludes halogenated alkanes) is 4. The van der Waals surface area contributed by atoms with Gasteiger partial charge in [-0.15, -0.1) is 0 Å². The van der Waals surface area contributed by atoms with Crippen LogP contribution >= 0.6 is 0 Å². The summed E-state index contributed by atoms with van der Waals surface area (Å²) in [6.45, 7) is 9.16. The number of hydrazone groups is 2. The molecule has 4 N–H and O–H groups in total. The molecule has 13 nitrogen and oxygen atoms in total. The van der Waals surface area contributed by atoms with Gasteiger partial charge >= 0.3 is 151 Å². The summed E-state index contributed by atoms with van der Waals surface area (Å²) in [7, 11) is 0. The maximum absolute atomic E-state index is 11.7. The van der Waals surface area contributed by atoms with Gasteiger partial charge in [-0.3, -0.25) is 9.59 Å². The van der Waals surface area contributed by atoms with Crippen molar-refractivity contribution < 1.29 is 45.1 Å². The maximum Gasteiger partial charge on any atom is 0.335 e. The predicted molar refractivity (Wildman–Crippen MR) is 240 cm³/mol. The summed E-state index contributed by atoms with van der Waals surface area (Å²) in [5, 5.41) is 47.8. The number of amides is 2. The van der Waals surface area contributed by atoms with Crippen LogP contribution in [0.4, 0.5) is 0 Å². The Labute approximate surface area is 380 Å². The number of carbonyl (C=O) groups excluding carboxylic acids is 2. The first kappa shape index (κ1) is 56.3. The van der Waals surface area contributed by atoms with Gasteiger partial charge in [0.2, 0.25) is 0 Å². The number of carboxylic acid groups (broad SMARTS) is 2. The molecule has 4 aromatic rings. The van der Waals surface area contributed by atoms with E-state index in [1.165, 1.54) is 112 Å². The molecule has 4 aromatic carbocycles. The summed E-state index contributed by atoms with van der Waals surface area (Å²) in [6, 6.07) is 23.6. The van der Waals surface area contributed by atoms with Crippen molar-refractivity contribution in [3.63, 3.8) is 0 Å². The van der Waals surface area contributed by atoms with Crippen LogP contribution in [0, 0.1) is 0 Å². The van der Waals surface area contributed by atoms with E-state index in [-0.39, 0.29) is 81.5 Å². The summed E-state index contributed by atoms with van der Waals surface area (Å²) in [5.74, 6) is -3.98. The van der Waals surface area contributed by atoms with E-state index in [0.717, 1.165) is 0 Å². The van der Waals surface area contributed by atoms with Crippen molar-refractivity contribution in [2.45, 2.75) is 96.8 Å². The number of carboxylic acids is 2. The van der Waals surface area contributed by atoms with Crippen molar-refractivity contribution in [3.8, 4) is 11.5 Å². The Hall–Kier alpha value is -4.74. The Morgan fingerprint density at radius 3 is 1.08 bits per heavy atom. The molecule has 324 valence electrons. The second kappa shape index (κ2) is 36.0. The fourth-order valence-electron chi connectivity index (χ4n) is 4.64. The monoisotopic (exact) mass is 1050 g/mol. The molecule has 0 radical (unpaired) electrons. The van der Waals surface area contributed by atoms with Gasteiger partial charge in [0.15, 0.2) is 0 Å².